The van der Waals surface area contributed by atoms with Gasteiger partial charge in [0.2, 0.25) is 5.95 Å². The van der Waals surface area contributed by atoms with Gasteiger partial charge in [0.25, 0.3) is 11.0 Å². The molecule has 17 heteroatoms. The van der Waals surface area contributed by atoms with E-state index in [1.807, 2.05) is 6.07 Å². The molecule has 2 unspecified atom stereocenters. The van der Waals surface area contributed by atoms with Crippen molar-refractivity contribution in [3.63, 3.8) is 0 Å². The number of carbonyl (C=O) groups excluding carboxylic acids is 2. The first kappa shape index (κ1) is 32.1. The van der Waals surface area contributed by atoms with Crippen LogP contribution in [0.3, 0.4) is 0 Å². The van der Waals surface area contributed by atoms with Gasteiger partial charge in [0.1, 0.15) is 29.6 Å². The largest absolute Gasteiger partial charge is 0.495 e. The number of nitrogens with one attached hydrogen (secondary N) is 2. The second-order valence-corrected chi connectivity index (χ2v) is 9.81. The van der Waals surface area contributed by atoms with Gasteiger partial charge in [-0.2, -0.15) is 4.98 Å². The quantitative estimate of drug-likeness (QED) is 0.108. The summed E-state index contributed by atoms with van der Waals surface area (Å²) in [7, 11) is 1.53. The summed E-state index contributed by atoms with van der Waals surface area (Å²) in [4.78, 5) is 59.3. The smallest absolute Gasteiger partial charge is 0.336 e. The summed E-state index contributed by atoms with van der Waals surface area (Å²) < 4.78 is 16.2. The first-order chi connectivity index (χ1) is 21.2. The van der Waals surface area contributed by atoms with Gasteiger partial charge in [0.05, 0.1) is 25.3 Å². The van der Waals surface area contributed by atoms with Crippen molar-refractivity contribution in [1.82, 2.24) is 25.3 Å². The van der Waals surface area contributed by atoms with Gasteiger partial charge >= 0.3 is 5.97 Å². The van der Waals surface area contributed by atoms with Crippen molar-refractivity contribution >= 4 is 35.2 Å². The van der Waals surface area contributed by atoms with Gasteiger partial charge in [0.15, 0.2) is 12.3 Å². The number of methoxy groups -OCH3 is 1. The lowest BCUT2D eigenvalue weighted by Crippen LogP contribution is -2.38. The van der Waals surface area contributed by atoms with Crippen LogP contribution in [0.15, 0.2) is 42.9 Å². The molecule has 1 aromatic carbocycles. The normalized spacial score (nSPS) is 14.9. The van der Waals surface area contributed by atoms with Crippen molar-refractivity contribution in [3.05, 3.63) is 74.9 Å². The highest BCUT2D eigenvalue weighted by atomic mass is 35.5. The SMILES string of the molecule is COc1ccc(CNc2nc(N3CCCC3OC(=O)C(C)OCCO[N+](=O)[O-])ncc2C(=O)NCc2ncccn2)cc1Cl. The fraction of sp³-hybridized carbons (Fsp3) is 0.407. The zero-order valence-corrected chi connectivity index (χ0v) is 24.7. The van der Waals surface area contributed by atoms with Gasteiger partial charge < -0.3 is 34.6 Å². The lowest BCUT2D eigenvalue weighted by Gasteiger charge is -2.26. The number of benzene rings is 1. The average molecular weight is 631 g/mol. The van der Waals surface area contributed by atoms with Crippen LogP contribution < -0.4 is 20.3 Å². The van der Waals surface area contributed by atoms with E-state index in [1.165, 1.54) is 20.2 Å². The van der Waals surface area contributed by atoms with Gasteiger partial charge in [-0.15, -0.1) is 10.1 Å². The maximum atomic E-state index is 13.2. The molecule has 16 nitrogen and oxygen atoms in total. The van der Waals surface area contributed by atoms with Crippen molar-refractivity contribution in [3.8, 4) is 5.75 Å². The molecule has 1 amide bonds. The van der Waals surface area contributed by atoms with Crippen molar-refractivity contribution in [2.45, 2.75) is 45.2 Å². The summed E-state index contributed by atoms with van der Waals surface area (Å²) >= 11 is 6.29. The molecule has 2 atom stereocenters. The second kappa shape index (κ2) is 15.6. The number of halogens is 1. The van der Waals surface area contributed by atoms with Crippen LogP contribution in [0.2, 0.25) is 5.02 Å². The maximum Gasteiger partial charge on any atom is 0.336 e. The fourth-order valence-electron chi connectivity index (χ4n) is 4.22. The van der Waals surface area contributed by atoms with Crippen LogP contribution >= 0.6 is 11.6 Å². The molecule has 3 aromatic rings. The van der Waals surface area contributed by atoms with Gasteiger partial charge in [0, 0.05) is 38.1 Å². The zero-order valence-electron chi connectivity index (χ0n) is 24.0. The molecule has 2 aromatic heterocycles. The standard InChI is InChI=1S/C27H31ClN8O8/c1-17(42-11-12-43-36(39)40)26(38)44-23-5-3-10-35(23)27-33-15-19(25(37)32-16-22-29-8-4-9-30-22)24(34-27)31-14-18-6-7-21(41-2)20(28)13-18/h4,6-9,13,15,17,23H,3,5,10-12,14,16H2,1-2H3,(H,32,37)(H,31,33,34). The lowest BCUT2D eigenvalue weighted by atomic mass is 10.2. The molecule has 0 bridgehead atoms. The summed E-state index contributed by atoms with van der Waals surface area (Å²) in [5.74, 6) is 0.347. The van der Waals surface area contributed by atoms with Crippen LogP contribution in [0.25, 0.3) is 0 Å². The highest BCUT2D eigenvalue weighted by molar-refractivity contribution is 6.32. The molecule has 1 aliphatic heterocycles. The Morgan fingerprint density at radius 2 is 2.00 bits per heavy atom. The van der Waals surface area contributed by atoms with Gasteiger partial charge in [-0.1, -0.05) is 17.7 Å². The first-order valence-corrected chi connectivity index (χ1v) is 14.0. The third kappa shape index (κ3) is 8.84. The fourth-order valence-corrected chi connectivity index (χ4v) is 4.50. The second-order valence-electron chi connectivity index (χ2n) is 9.40. The van der Waals surface area contributed by atoms with E-state index in [4.69, 9.17) is 25.8 Å². The Morgan fingerprint density at radius 3 is 2.73 bits per heavy atom. The van der Waals surface area contributed by atoms with E-state index >= 15 is 0 Å². The Bertz CT molecular complexity index is 1450. The molecule has 3 heterocycles. The van der Waals surface area contributed by atoms with Crippen LogP contribution in [0.1, 0.15) is 41.5 Å². The van der Waals surface area contributed by atoms with Gasteiger partial charge in [-0.25, -0.2) is 19.7 Å². The summed E-state index contributed by atoms with van der Waals surface area (Å²) in [6.45, 7) is 1.86. The Labute approximate surface area is 257 Å². The lowest BCUT2D eigenvalue weighted by molar-refractivity contribution is -0.758. The molecule has 0 spiro atoms. The van der Waals surface area contributed by atoms with Crippen molar-refractivity contribution in [1.29, 1.82) is 0 Å². The molecule has 0 radical (unpaired) electrons. The number of esters is 1. The molecule has 2 N–H and O–H groups in total. The number of anilines is 2. The Hall–Kier alpha value is -4.83. The minimum Gasteiger partial charge on any atom is -0.495 e. The molecule has 234 valence electrons. The van der Waals surface area contributed by atoms with E-state index < -0.39 is 29.3 Å². The van der Waals surface area contributed by atoms with Crippen molar-refractivity contribution in [2.75, 3.05) is 37.1 Å². The van der Waals surface area contributed by atoms with E-state index in [0.717, 1.165) is 5.56 Å². The number of rotatable bonds is 15. The number of aromatic nitrogens is 4. The highest BCUT2D eigenvalue weighted by Crippen LogP contribution is 2.28. The summed E-state index contributed by atoms with van der Waals surface area (Å²) in [6, 6.07) is 6.98. The van der Waals surface area contributed by atoms with Gasteiger partial charge in [-0.3, -0.25) is 4.79 Å². The number of amides is 1. The molecular weight excluding hydrogens is 600 g/mol. The van der Waals surface area contributed by atoms with Crippen LogP contribution in [0.5, 0.6) is 5.75 Å². The van der Waals surface area contributed by atoms with E-state index in [0.29, 0.717) is 36.0 Å². The maximum absolute atomic E-state index is 13.2. The molecule has 1 aliphatic rings. The predicted molar refractivity (Wildman–Crippen MR) is 155 cm³/mol. The minimum atomic E-state index is -0.984. The van der Waals surface area contributed by atoms with E-state index in [9.17, 15) is 19.7 Å². The first-order valence-electron chi connectivity index (χ1n) is 13.6. The molecule has 1 fully saturated rings. The van der Waals surface area contributed by atoms with E-state index in [2.05, 4.69) is 35.4 Å². The predicted octanol–water partition coefficient (Wildman–Crippen LogP) is 2.55. The zero-order chi connectivity index (χ0) is 31.5. The van der Waals surface area contributed by atoms with E-state index in [-0.39, 0.29) is 43.6 Å². The van der Waals surface area contributed by atoms with Crippen LogP contribution in [-0.2, 0) is 32.2 Å². The molecule has 0 saturated carbocycles. The van der Waals surface area contributed by atoms with Crippen molar-refractivity contribution in [2.24, 2.45) is 0 Å². The summed E-state index contributed by atoms with van der Waals surface area (Å²) in [6.07, 6.45) is 4.09. The highest BCUT2D eigenvalue weighted by Gasteiger charge is 2.32. The van der Waals surface area contributed by atoms with Crippen LogP contribution in [0.4, 0.5) is 11.8 Å². The van der Waals surface area contributed by atoms with Crippen LogP contribution in [0, 0.1) is 10.1 Å². The molecule has 0 aliphatic carbocycles. The molecule has 44 heavy (non-hydrogen) atoms. The number of hydrogen-bond donors (Lipinski definition) is 2. The Balaban J connectivity index is 1.49. The Kier molecular flexibility index (Phi) is 11.4. The monoisotopic (exact) mass is 630 g/mol. The number of nitrogens with zero attached hydrogens (tertiary/aromatic N) is 6. The van der Waals surface area contributed by atoms with Gasteiger partial charge in [-0.05, 0) is 37.1 Å². The van der Waals surface area contributed by atoms with Crippen molar-refractivity contribution < 1.29 is 33.7 Å². The third-order valence-electron chi connectivity index (χ3n) is 6.41. The minimum absolute atomic E-state index is 0.0948. The summed E-state index contributed by atoms with van der Waals surface area (Å²) in [5.41, 5.74) is 0.988. The molecular formula is C27H31ClN8O8. The summed E-state index contributed by atoms with van der Waals surface area (Å²) in [5, 5.41) is 15.7. The molecule has 4 rings (SSSR count). The topological polar surface area (TPSA) is 193 Å². The third-order valence-corrected chi connectivity index (χ3v) is 6.71. The number of ether oxygens (including phenoxy) is 3. The Morgan fingerprint density at radius 1 is 1.20 bits per heavy atom. The number of hydrogen-bond acceptors (Lipinski definition) is 14. The molecule has 1 saturated heterocycles. The average Bonchev–Trinajstić information content (AvgIpc) is 3.49. The van der Waals surface area contributed by atoms with E-state index in [1.54, 1.807) is 35.5 Å². The van der Waals surface area contributed by atoms with Crippen LogP contribution in [-0.4, -0.2) is 76.1 Å². The number of carbonyl (C=O) groups is 2.